The van der Waals surface area contributed by atoms with Crippen molar-refractivity contribution >= 4 is 11.5 Å². The normalized spacial score (nSPS) is 11.3. The molecule has 1 rings (SSSR count). The molecule has 0 spiro atoms. The highest BCUT2D eigenvalue weighted by Gasteiger charge is 2.16. The quantitative estimate of drug-likeness (QED) is 0.184. The first kappa shape index (κ1) is 14.6. The highest BCUT2D eigenvalue weighted by Crippen LogP contribution is 2.20. The number of ether oxygens (including phenoxy) is 2. The standard InChI is InChI=1S/C10H14N4O5/c1-18-3-2-4-19-10-8(9(11)13-15)5-7(6-12-10)14(16)17/h5-6,15H,2-4H2,1H3,(H2,11,13). The van der Waals surface area contributed by atoms with Crippen molar-refractivity contribution in [1.82, 2.24) is 4.98 Å². The molecule has 0 bridgehead atoms. The van der Waals surface area contributed by atoms with Gasteiger partial charge in [0.25, 0.3) is 5.69 Å². The Balaban J connectivity index is 2.93. The van der Waals surface area contributed by atoms with Crippen molar-refractivity contribution in [2.45, 2.75) is 6.42 Å². The molecule has 0 fully saturated rings. The number of hydrogen-bond donors (Lipinski definition) is 2. The van der Waals surface area contributed by atoms with Crippen molar-refractivity contribution in [3.8, 4) is 5.88 Å². The van der Waals surface area contributed by atoms with Crippen LogP contribution in [0.1, 0.15) is 12.0 Å². The van der Waals surface area contributed by atoms with E-state index < -0.39 is 4.92 Å². The summed E-state index contributed by atoms with van der Waals surface area (Å²) in [4.78, 5) is 13.8. The minimum atomic E-state index is -0.629. The molecule has 0 saturated heterocycles. The maximum absolute atomic E-state index is 10.6. The van der Waals surface area contributed by atoms with Gasteiger partial charge in [-0.2, -0.15) is 0 Å². The van der Waals surface area contributed by atoms with E-state index in [1.165, 1.54) is 0 Å². The zero-order valence-electron chi connectivity index (χ0n) is 10.3. The van der Waals surface area contributed by atoms with Crippen LogP contribution in [0.15, 0.2) is 17.4 Å². The third-order valence-corrected chi connectivity index (χ3v) is 2.16. The maximum Gasteiger partial charge on any atom is 0.288 e. The lowest BCUT2D eigenvalue weighted by Crippen LogP contribution is -2.16. The second-order valence-corrected chi connectivity index (χ2v) is 3.48. The molecule has 1 aromatic heterocycles. The Morgan fingerprint density at radius 3 is 2.95 bits per heavy atom. The van der Waals surface area contributed by atoms with Crippen LogP contribution in [0.5, 0.6) is 5.88 Å². The summed E-state index contributed by atoms with van der Waals surface area (Å²) in [6.45, 7) is 0.802. The summed E-state index contributed by atoms with van der Waals surface area (Å²) >= 11 is 0. The maximum atomic E-state index is 10.6. The van der Waals surface area contributed by atoms with Crippen LogP contribution in [0.3, 0.4) is 0 Å². The number of methoxy groups -OCH3 is 1. The second-order valence-electron chi connectivity index (χ2n) is 3.48. The summed E-state index contributed by atoms with van der Waals surface area (Å²) in [6.07, 6.45) is 1.66. The molecule has 0 amide bonds. The molecule has 104 valence electrons. The zero-order chi connectivity index (χ0) is 14.3. The Bertz CT molecular complexity index is 477. The van der Waals surface area contributed by atoms with Gasteiger partial charge in [0.1, 0.15) is 6.20 Å². The average molecular weight is 270 g/mol. The molecule has 3 N–H and O–H groups in total. The molecule has 9 nitrogen and oxygen atoms in total. The highest BCUT2D eigenvalue weighted by atomic mass is 16.6. The van der Waals surface area contributed by atoms with Crippen LogP contribution in [0.4, 0.5) is 5.69 Å². The van der Waals surface area contributed by atoms with Crippen LogP contribution >= 0.6 is 0 Å². The summed E-state index contributed by atoms with van der Waals surface area (Å²) in [6, 6.07) is 1.13. The molecule has 0 aliphatic heterocycles. The van der Waals surface area contributed by atoms with E-state index in [4.69, 9.17) is 20.4 Å². The number of oxime groups is 1. The number of nitro groups is 1. The van der Waals surface area contributed by atoms with Crippen LogP contribution in [-0.4, -0.2) is 41.3 Å². The fourth-order valence-corrected chi connectivity index (χ4v) is 1.27. The van der Waals surface area contributed by atoms with Gasteiger partial charge in [-0.15, -0.1) is 0 Å². The van der Waals surface area contributed by atoms with Crippen LogP contribution < -0.4 is 10.5 Å². The van der Waals surface area contributed by atoms with E-state index in [-0.39, 0.29) is 23.0 Å². The lowest BCUT2D eigenvalue weighted by Gasteiger charge is -2.08. The molecule has 0 saturated carbocycles. The molecule has 1 heterocycles. The summed E-state index contributed by atoms with van der Waals surface area (Å²) in [5, 5.41) is 22.1. The molecule has 0 atom stereocenters. The molecule has 0 aliphatic carbocycles. The average Bonchev–Trinajstić information content (AvgIpc) is 2.42. The number of rotatable bonds is 7. The number of hydrogen-bond acceptors (Lipinski definition) is 7. The third kappa shape index (κ3) is 4.07. The van der Waals surface area contributed by atoms with Crippen molar-refractivity contribution in [3.05, 3.63) is 27.9 Å². The van der Waals surface area contributed by atoms with E-state index in [2.05, 4.69) is 10.1 Å². The van der Waals surface area contributed by atoms with Gasteiger partial charge >= 0.3 is 0 Å². The first-order valence-electron chi connectivity index (χ1n) is 5.34. The number of amidine groups is 1. The topological polar surface area (TPSA) is 133 Å². The molecule has 0 unspecified atom stereocenters. The minimum Gasteiger partial charge on any atom is -0.477 e. The van der Waals surface area contributed by atoms with Gasteiger partial charge in [0.05, 0.1) is 17.1 Å². The molecule has 0 radical (unpaired) electrons. The van der Waals surface area contributed by atoms with Crippen molar-refractivity contribution in [2.75, 3.05) is 20.3 Å². The molecule has 9 heteroatoms. The van der Waals surface area contributed by atoms with Crippen molar-refractivity contribution in [2.24, 2.45) is 10.9 Å². The number of nitrogens with two attached hydrogens (primary N) is 1. The lowest BCUT2D eigenvalue weighted by molar-refractivity contribution is -0.385. The van der Waals surface area contributed by atoms with Crippen LogP contribution in [0, 0.1) is 10.1 Å². The van der Waals surface area contributed by atoms with E-state index in [9.17, 15) is 10.1 Å². The smallest absolute Gasteiger partial charge is 0.288 e. The van der Waals surface area contributed by atoms with Gasteiger partial charge < -0.3 is 20.4 Å². The SMILES string of the molecule is COCCCOc1ncc([N+](=O)[O-])cc1C(N)=NO. The minimum absolute atomic E-state index is 0.0640. The second kappa shape index (κ2) is 7.11. The summed E-state index contributed by atoms with van der Waals surface area (Å²) in [5.74, 6) is -0.241. The summed E-state index contributed by atoms with van der Waals surface area (Å²) in [5.41, 5.74) is 5.22. The first-order valence-corrected chi connectivity index (χ1v) is 5.34. The zero-order valence-corrected chi connectivity index (χ0v) is 10.3. The van der Waals surface area contributed by atoms with Gasteiger partial charge in [-0.1, -0.05) is 5.16 Å². The third-order valence-electron chi connectivity index (χ3n) is 2.16. The van der Waals surface area contributed by atoms with Gasteiger partial charge in [0, 0.05) is 26.2 Å². The summed E-state index contributed by atoms with van der Waals surface area (Å²) in [7, 11) is 1.56. The Morgan fingerprint density at radius 2 is 2.37 bits per heavy atom. The first-order chi connectivity index (χ1) is 9.10. The van der Waals surface area contributed by atoms with E-state index in [0.29, 0.717) is 19.6 Å². The van der Waals surface area contributed by atoms with Gasteiger partial charge in [0.2, 0.25) is 5.88 Å². The van der Waals surface area contributed by atoms with Crippen molar-refractivity contribution < 1.29 is 19.6 Å². The monoisotopic (exact) mass is 270 g/mol. The highest BCUT2D eigenvalue weighted by molar-refractivity contribution is 5.99. The van der Waals surface area contributed by atoms with E-state index in [1.54, 1.807) is 7.11 Å². The van der Waals surface area contributed by atoms with Gasteiger partial charge in [-0.25, -0.2) is 4.98 Å². The number of pyridine rings is 1. The van der Waals surface area contributed by atoms with Gasteiger partial charge in [-0.3, -0.25) is 10.1 Å². The van der Waals surface area contributed by atoms with E-state index >= 15 is 0 Å². The van der Waals surface area contributed by atoms with Crippen LogP contribution in [0.2, 0.25) is 0 Å². The van der Waals surface area contributed by atoms with E-state index in [0.717, 1.165) is 12.3 Å². The van der Waals surface area contributed by atoms with Crippen LogP contribution in [0.25, 0.3) is 0 Å². The molecular formula is C10H14N4O5. The van der Waals surface area contributed by atoms with Crippen molar-refractivity contribution in [3.63, 3.8) is 0 Å². The lowest BCUT2D eigenvalue weighted by atomic mass is 10.2. The predicted molar refractivity (Wildman–Crippen MR) is 65.4 cm³/mol. The molecule has 19 heavy (non-hydrogen) atoms. The number of aromatic nitrogens is 1. The predicted octanol–water partition coefficient (Wildman–Crippen LogP) is 0.500. The molecule has 0 aromatic carbocycles. The van der Waals surface area contributed by atoms with E-state index in [1.807, 2.05) is 0 Å². The Kier molecular flexibility index (Phi) is 5.48. The Hall–Kier alpha value is -2.42. The Labute approximate surface area is 108 Å². The largest absolute Gasteiger partial charge is 0.477 e. The Morgan fingerprint density at radius 1 is 1.63 bits per heavy atom. The number of nitrogens with zero attached hydrogens (tertiary/aromatic N) is 3. The van der Waals surface area contributed by atoms with Gasteiger partial charge in [-0.05, 0) is 0 Å². The fourth-order valence-electron chi connectivity index (χ4n) is 1.27. The molecular weight excluding hydrogens is 256 g/mol. The summed E-state index contributed by atoms with van der Waals surface area (Å²) < 4.78 is 10.2. The van der Waals surface area contributed by atoms with Gasteiger partial charge in [0.15, 0.2) is 5.84 Å². The molecule has 1 aromatic rings. The molecule has 0 aliphatic rings. The fraction of sp³-hybridized carbons (Fsp3) is 0.400. The van der Waals surface area contributed by atoms with Crippen LogP contribution in [-0.2, 0) is 4.74 Å². The van der Waals surface area contributed by atoms with Crippen molar-refractivity contribution in [1.29, 1.82) is 0 Å².